The highest BCUT2D eigenvalue weighted by atomic mass is 35.5. The molecule has 0 aliphatic heterocycles. The summed E-state index contributed by atoms with van der Waals surface area (Å²) >= 11 is 12.3. The number of carbonyl (C=O) groups excluding carboxylic acids is 1. The van der Waals surface area contributed by atoms with E-state index in [4.69, 9.17) is 32.7 Å². The van der Waals surface area contributed by atoms with Crippen molar-refractivity contribution in [2.75, 3.05) is 13.7 Å². The fraction of sp³-hybridized carbons (Fsp3) is 0.154. The van der Waals surface area contributed by atoms with E-state index in [-0.39, 0.29) is 12.2 Å². The molecule has 0 bridgehead atoms. The van der Waals surface area contributed by atoms with Gasteiger partial charge in [0.1, 0.15) is 18.2 Å². The highest BCUT2D eigenvalue weighted by Gasteiger charge is 2.14. The molecule has 168 valence electrons. The van der Waals surface area contributed by atoms with Crippen LogP contribution in [0.4, 0.5) is 0 Å². The van der Waals surface area contributed by atoms with Gasteiger partial charge < -0.3 is 14.8 Å². The summed E-state index contributed by atoms with van der Waals surface area (Å²) in [6.45, 7) is 0.694. The lowest BCUT2D eigenvalue weighted by Gasteiger charge is -2.14. The van der Waals surface area contributed by atoms with Crippen LogP contribution in [-0.4, -0.2) is 19.6 Å². The predicted octanol–water partition coefficient (Wildman–Crippen LogP) is 5.85. The molecular formula is C26H22Cl2N2O3. The van der Waals surface area contributed by atoms with E-state index in [9.17, 15) is 10.1 Å². The highest BCUT2D eigenvalue weighted by molar-refractivity contribution is 6.32. The van der Waals surface area contributed by atoms with Crippen molar-refractivity contribution in [1.29, 1.82) is 5.26 Å². The molecule has 0 atom stereocenters. The fourth-order valence-electron chi connectivity index (χ4n) is 3.07. The fourth-order valence-corrected chi connectivity index (χ4v) is 3.47. The van der Waals surface area contributed by atoms with Gasteiger partial charge in [0, 0.05) is 11.6 Å². The van der Waals surface area contributed by atoms with E-state index in [1.807, 2.05) is 48.5 Å². The van der Waals surface area contributed by atoms with E-state index in [0.29, 0.717) is 40.1 Å². The van der Waals surface area contributed by atoms with Crippen LogP contribution in [0, 0.1) is 11.3 Å². The van der Waals surface area contributed by atoms with Crippen LogP contribution < -0.4 is 14.8 Å². The van der Waals surface area contributed by atoms with Crippen molar-refractivity contribution >= 4 is 35.2 Å². The van der Waals surface area contributed by atoms with Gasteiger partial charge >= 0.3 is 0 Å². The first-order valence-electron chi connectivity index (χ1n) is 10.2. The van der Waals surface area contributed by atoms with E-state index in [1.54, 1.807) is 24.3 Å². The molecule has 1 amide bonds. The third-order valence-corrected chi connectivity index (χ3v) is 5.30. The molecule has 1 N–H and O–H groups in total. The Labute approximate surface area is 203 Å². The lowest BCUT2D eigenvalue weighted by molar-refractivity contribution is -0.117. The number of benzene rings is 3. The van der Waals surface area contributed by atoms with Gasteiger partial charge in [0.2, 0.25) is 0 Å². The molecule has 0 heterocycles. The van der Waals surface area contributed by atoms with Gasteiger partial charge in [0.05, 0.1) is 12.1 Å². The van der Waals surface area contributed by atoms with E-state index in [0.717, 1.165) is 11.1 Å². The number of nitrogens with one attached hydrogen (secondary N) is 1. The van der Waals surface area contributed by atoms with Gasteiger partial charge in [-0.15, -0.1) is 0 Å². The Morgan fingerprint density at radius 1 is 1.06 bits per heavy atom. The lowest BCUT2D eigenvalue weighted by Crippen LogP contribution is -2.26. The molecule has 0 fully saturated rings. The van der Waals surface area contributed by atoms with Crippen molar-refractivity contribution in [2.45, 2.75) is 13.0 Å². The van der Waals surface area contributed by atoms with E-state index < -0.39 is 5.91 Å². The minimum absolute atomic E-state index is 0.0315. The standard InChI is InChI=1S/C26H22Cl2N2O3/c1-32-24-15-20(14-23(28)25(24)33-17-19-7-9-22(27)10-8-19)13-21(16-29)26(31)30-12-11-18-5-3-2-4-6-18/h2-10,13-15H,11-12,17H2,1H3,(H,30,31)/b21-13+. The van der Waals surface area contributed by atoms with Gasteiger partial charge in [-0.05, 0) is 53.5 Å². The number of carbonyl (C=O) groups is 1. The van der Waals surface area contributed by atoms with Crippen molar-refractivity contribution in [2.24, 2.45) is 0 Å². The summed E-state index contributed by atoms with van der Waals surface area (Å²) in [4.78, 5) is 12.5. The van der Waals surface area contributed by atoms with Crippen LogP contribution >= 0.6 is 23.2 Å². The topological polar surface area (TPSA) is 71.3 Å². The number of nitriles is 1. The first kappa shape index (κ1) is 24.2. The maximum atomic E-state index is 12.5. The van der Waals surface area contributed by atoms with Gasteiger partial charge in [-0.1, -0.05) is 65.7 Å². The summed E-state index contributed by atoms with van der Waals surface area (Å²) in [5, 5.41) is 13.2. The number of nitrogens with zero attached hydrogens (tertiary/aromatic N) is 1. The summed E-state index contributed by atoms with van der Waals surface area (Å²) in [6, 6.07) is 22.3. The second-order valence-corrected chi connectivity index (χ2v) is 7.95. The summed E-state index contributed by atoms with van der Waals surface area (Å²) in [7, 11) is 1.50. The van der Waals surface area contributed by atoms with E-state index >= 15 is 0 Å². The van der Waals surface area contributed by atoms with Crippen LogP contribution in [0.3, 0.4) is 0 Å². The predicted molar refractivity (Wildman–Crippen MR) is 131 cm³/mol. The van der Waals surface area contributed by atoms with Crippen LogP contribution in [0.1, 0.15) is 16.7 Å². The zero-order chi connectivity index (χ0) is 23.6. The second-order valence-electron chi connectivity index (χ2n) is 7.11. The average Bonchev–Trinajstić information content (AvgIpc) is 2.83. The molecule has 3 aromatic rings. The largest absolute Gasteiger partial charge is 0.493 e. The molecule has 0 saturated carbocycles. The number of halogens is 2. The van der Waals surface area contributed by atoms with Crippen LogP contribution in [0.25, 0.3) is 6.08 Å². The Balaban J connectivity index is 1.70. The molecule has 0 radical (unpaired) electrons. The van der Waals surface area contributed by atoms with Crippen molar-refractivity contribution in [3.05, 3.63) is 99.0 Å². The molecule has 3 aromatic carbocycles. The molecule has 7 heteroatoms. The Bertz CT molecular complexity index is 1170. The molecule has 0 spiro atoms. The second kappa shape index (κ2) is 12.0. The zero-order valence-corrected chi connectivity index (χ0v) is 19.5. The summed E-state index contributed by atoms with van der Waals surface area (Å²) in [5.74, 6) is 0.313. The lowest BCUT2D eigenvalue weighted by atomic mass is 10.1. The van der Waals surface area contributed by atoms with Crippen molar-refractivity contribution < 1.29 is 14.3 Å². The van der Waals surface area contributed by atoms with Crippen molar-refractivity contribution in [1.82, 2.24) is 5.32 Å². The molecule has 33 heavy (non-hydrogen) atoms. The first-order chi connectivity index (χ1) is 16.0. The molecule has 0 saturated heterocycles. The summed E-state index contributed by atoms with van der Waals surface area (Å²) < 4.78 is 11.3. The van der Waals surface area contributed by atoms with Crippen LogP contribution in [-0.2, 0) is 17.8 Å². The maximum absolute atomic E-state index is 12.5. The third-order valence-electron chi connectivity index (χ3n) is 4.77. The number of hydrogen-bond acceptors (Lipinski definition) is 4. The normalized spacial score (nSPS) is 10.9. The summed E-state index contributed by atoms with van der Waals surface area (Å²) in [6.07, 6.45) is 2.14. The average molecular weight is 481 g/mol. The molecular weight excluding hydrogens is 459 g/mol. The number of methoxy groups -OCH3 is 1. The molecule has 0 aromatic heterocycles. The monoisotopic (exact) mass is 480 g/mol. The smallest absolute Gasteiger partial charge is 0.261 e. The van der Waals surface area contributed by atoms with Gasteiger partial charge in [-0.3, -0.25) is 4.79 Å². The molecule has 0 unspecified atom stereocenters. The van der Waals surface area contributed by atoms with Crippen LogP contribution in [0.5, 0.6) is 11.5 Å². The van der Waals surface area contributed by atoms with Gasteiger partial charge in [-0.2, -0.15) is 5.26 Å². The quantitative estimate of drug-likeness (QED) is 0.308. The van der Waals surface area contributed by atoms with Gasteiger partial charge in [0.25, 0.3) is 5.91 Å². The third kappa shape index (κ3) is 7.01. The number of hydrogen-bond donors (Lipinski definition) is 1. The van der Waals surface area contributed by atoms with Crippen LogP contribution in [0.15, 0.2) is 72.3 Å². The minimum Gasteiger partial charge on any atom is -0.493 e. The number of rotatable bonds is 9. The van der Waals surface area contributed by atoms with Crippen LogP contribution in [0.2, 0.25) is 10.0 Å². The van der Waals surface area contributed by atoms with E-state index in [1.165, 1.54) is 13.2 Å². The maximum Gasteiger partial charge on any atom is 0.261 e. The minimum atomic E-state index is -0.452. The summed E-state index contributed by atoms with van der Waals surface area (Å²) in [5.41, 5.74) is 2.54. The van der Waals surface area contributed by atoms with Gasteiger partial charge in [0.15, 0.2) is 11.5 Å². The Kier molecular flexibility index (Phi) is 8.77. The van der Waals surface area contributed by atoms with E-state index in [2.05, 4.69) is 5.32 Å². The van der Waals surface area contributed by atoms with Crippen molar-refractivity contribution in [3.63, 3.8) is 0 Å². The SMILES string of the molecule is COc1cc(/C=C(\C#N)C(=O)NCCc2ccccc2)cc(Cl)c1OCc1ccc(Cl)cc1. The Morgan fingerprint density at radius 3 is 2.45 bits per heavy atom. The van der Waals surface area contributed by atoms with Crippen molar-refractivity contribution in [3.8, 4) is 17.6 Å². The molecule has 5 nitrogen and oxygen atoms in total. The highest BCUT2D eigenvalue weighted by Crippen LogP contribution is 2.37. The Hall–Kier alpha value is -3.46. The zero-order valence-electron chi connectivity index (χ0n) is 18.0. The number of amides is 1. The molecule has 3 rings (SSSR count). The van der Waals surface area contributed by atoms with Gasteiger partial charge in [-0.25, -0.2) is 0 Å². The molecule has 0 aliphatic carbocycles. The first-order valence-corrected chi connectivity index (χ1v) is 10.9. The molecule has 0 aliphatic rings. The Morgan fingerprint density at radius 2 is 1.79 bits per heavy atom. The number of ether oxygens (including phenoxy) is 2.